The standard InChI is InChI=1S/C16H23N3O3S/c1-2-23(21,22)19-10-7-16(13-19)6-4-9-18(12-16)15(20)14-5-3-8-17-11-14/h3,5,8,11H,2,4,6-7,9-10,12-13H2,1H3. The molecule has 1 aromatic heterocycles. The number of hydrogen-bond acceptors (Lipinski definition) is 4. The second-order valence-corrected chi connectivity index (χ2v) is 8.81. The Hall–Kier alpha value is -1.47. The number of sulfonamides is 1. The van der Waals surface area contributed by atoms with Crippen LogP contribution in [0.5, 0.6) is 0 Å². The normalized spacial score (nSPS) is 25.9. The van der Waals surface area contributed by atoms with Crippen LogP contribution in [-0.2, 0) is 10.0 Å². The number of aromatic nitrogens is 1. The summed E-state index contributed by atoms with van der Waals surface area (Å²) < 4.78 is 25.8. The highest BCUT2D eigenvalue weighted by Crippen LogP contribution is 2.40. The maximum absolute atomic E-state index is 12.6. The molecule has 1 aromatic rings. The van der Waals surface area contributed by atoms with E-state index in [2.05, 4.69) is 4.98 Å². The van der Waals surface area contributed by atoms with Crippen molar-refractivity contribution >= 4 is 15.9 Å². The topological polar surface area (TPSA) is 70.6 Å². The Kier molecular flexibility index (Phi) is 4.42. The molecule has 23 heavy (non-hydrogen) atoms. The van der Waals surface area contributed by atoms with Gasteiger partial charge in [-0.2, -0.15) is 0 Å². The minimum atomic E-state index is -3.14. The Morgan fingerprint density at radius 1 is 1.30 bits per heavy atom. The summed E-state index contributed by atoms with van der Waals surface area (Å²) in [7, 11) is -3.14. The molecule has 2 saturated heterocycles. The van der Waals surface area contributed by atoms with Crippen LogP contribution in [0.3, 0.4) is 0 Å². The van der Waals surface area contributed by atoms with Crippen LogP contribution in [-0.4, -0.2) is 60.4 Å². The van der Waals surface area contributed by atoms with Crippen LogP contribution in [0.15, 0.2) is 24.5 Å². The largest absolute Gasteiger partial charge is 0.338 e. The van der Waals surface area contributed by atoms with Gasteiger partial charge in [0.2, 0.25) is 10.0 Å². The summed E-state index contributed by atoms with van der Waals surface area (Å²) >= 11 is 0. The molecular weight excluding hydrogens is 314 g/mol. The molecule has 0 saturated carbocycles. The SMILES string of the molecule is CCS(=O)(=O)N1CCC2(CCCN(C(=O)c3cccnc3)C2)C1. The van der Waals surface area contributed by atoms with E-state index in [0.717, 1.165) is 25.8 Å². The molecule has 0 N–H and O–H groups in total. The third-order valence-electron chi connectivity index (χ3n) is 5.02. The smallest absolute Gasteiger partial charge is 0.255 e. The zero-order valence-electron chi connectivity index (χ0n) is 13.4. The van der Waals surface area contributed by atoms with E-state index in [1.165, 1.54) is 0 Å². The lowest BCUT2D eigenvalue weighted by molar-refractivity contribution is 0.0543. The lowest BCUT2D eigenvalue weighted by Crippen LogP contribution is -2.47. The van der Waals surface area contributed by atoms with Crippen molar-refractivity contribution in [2.24, 2.45) is 5.41 Å². The molecule has 6 nitrogen and oxygen atoms in total. The number of nitrogens with zero attached hydrogens (tertiary/aromatic N) is 3. The van der Waals surface area contributed by atoms with E-state index in [9.17, 15) is 13.2 Å². The van der Waals surface area contributed by atoms with E-state index in [0.29, 0.717) is 25.2 Å². The van der Waals surface area contributed by atoms with Gasteiger partial charge in [-0.1, -0.05) is 0 Å². The van der Waals surface area contributed by atoms with E-state index >= 15 is 0 Å². The molecule has 2 fully saturated rings. The summed E-state index contributed by atoms with van der Waals surface area (Å²) in [6.07, 6.45) is 5.99. The molecular formula is C16H23N3O3S. The lowest BCUT2D eigenvalue weighted by Gasteiger charge is -2.40. The van der Waals surface area contributed by atoms with Crippen LogP contribution in [0.2, 0.25) is 0 Å². The van der Waals surface area contributed by atoms with Crippen molar-refractivity contribution in [3.05, 3.63) is 30.1 Å². The molecule has 1 spiro atoms. The maximum Gasteiger partial charge on any atom is 0.255 e. The molecule has 3 rings (SSSR count). The molecule has 1 amide bonds. The first-order valence-electron chi connectivity index (χ1n) is 8.13. The fourth-order valence-corrected chi connectivity index (χ4v) is 4.91. The molecule has 2 aliphatic heterocycles. The number of amides is 1. The van der Waals surface area contributed by atoms with E-state index in [4.69, 9.17) is 0 Å². The van der Waals surface area contributed by atoms with Crippen LogP contribution >= 0.6 is 0 Å². The van der Waals surface area contributed by atoms with Crippen molar-refractivity contribution in [1.82, 2.24) is 14.2 Å². The molecule has 1 unspecified atom stereocenters. The summed E-state index contributed by atoms with van der Waals surface area (Å²) in [4.78, 5) is 18.5. The summed E-state index contributed by atoms with van der Waals surface area (Å²) in [6.45, 7) is 4.16. The average molecular weight is 337 g/mol. The Morgan fingerprint density at radius 2 is 2.13 bits per heavy atom. The van der Waals surface area contributed by atoms with Gasteiger partial charge in [0, 0.05) is 44.0 Å². The number of piperidine rings is 1. The number of likely N-dealkylation sites (tertiary alicyclic amines) is 1. The zero-order chi connectivity index (χ0) is 16.5. The molecule has 126 valence electrons. The minimum Gasteiger partial charge on any atom is -0.338 e. The number of carbonyl (C=O) groups excluding carboxylic acids is 1. The van der Waals surface area contributed by atoms with E-state index < -0.39 is 10.0 Å². The highest BCUT2D eigenvalue weighted by molar-refractivity contribution is 7.89. The van der Waals surface area contributed by atoms with Gasteiger partial charge in [-0.05, 0) is 38.3 Å². The predicted octanol–water partition coefficient (Wildman–Crippen LogP) is 1.36. The average Bonchev–Trinajstić information content (AvgIpc) is 2.99. The molecule has 0 bridgehead atoms. The molecule has 0 radical (unpaired) electrons. The van der Waals surface area contributed by atoms with Gasteiger partial charge in [-0.3, -0.25) is 9.78 Å². The predicted molar refractivity (Wildman–Crippen MR) is 87.5 cm³/mol. The number of pyridine rings is 1. The van der Waals surface area contributed by atoms with Gasteiger partial charge in [0.05, 0.1) is 11.3 Å². The van der Waals surface area contributed by atoms with Crippen molar-refractivity contribution in [3.63, 3.8) is 0 Å². The molecule has 2 aliphatic rings. The summed E-state index contributed by atoms with van der Waals surface area (Å²) in [5, 5.41) is 0. The van der Waals surface area contributed by atoms with E-state index in [1.54, 1.807) is 35.8 Å². The van der Waals surface area contributed by atoms with Crippen LogP contribution in [0.25, 0.3) is 0 Å². The van der Waals surface area contributed by atoms with Crippen molar-refractivity contribution in [1.29, 1.82) is 0 Å². The summed E-state index contributed by atoms with van der Waals surface area (Å²) in [5.41, 5.74) is 0.513. The maximum atomic E-state index is 12.6. The van der Waals surface area contributed by atoms with Gasteiger partial charge in [-0.15, -0.1) is 0 Å². The van der Waals surface area contributed by atoms with Gasteiger partial charge in [0.15, 0.2) is 0 Å². The highest BCUT2D eigenvalue weighted by atomic mass is 32.2. The third-order valence-corrected chi connectivity index (χ3v) is 6.85. The number of rotatable bonds is 3. The van der Waals surface area contributed by atoms with Gasteiger partial charge in [-0.25, -0.2) is 12.7 Å². The second-order valence-electron chi connectivity index (χ2n) is 6.56. The van der Waals surface area contributed by atoms with Gasteiger partial charge < -0.3 is 4.90 Å². The first-order chi connectivity index (χ1) is 11.0. The molecule has 0 aliphatic carbocycles. The summed E-state index contributed by atoms with van der Waals surface area (Å²) in [5.74, 6) is 0.135. The molecule has 0 aromatic carbocycles. The molecule has 7 heteroatoms. The van der Waals surface area contributed by atoms with Gasteiger partial charge in [0.25, 0.3) is 5.91 Å². The Morgan fingerprint density at radius 3 is 2.83 bits per heavy atom. The first kappa shape index (κ1) is 16.4. The van der Waals surface area contributed by atoms with E-state index in [1.807, 2.05) is 4.90 Å². The van der Waals surface area contributed by atoms with Crippen molar-refractivity contribution in [3.8, 4) is 0 Å². The van der Waals surface area contributed by atoms with Gasteiger partial charge in [0.1, 0.15) is 0 Å². The number of carbonyl (C=O) groups is 1. The van der Waals surface area contributed by atoms with Crippen molar-refractivity contribution in [2.75, 3.05) is 31.9 Å². The van der Waals surface area contributed by atoms with Crippen molar-refractivity contribution < 1.29 is 13.2 Å². The fourth-order valence-electron chi connectivity index (χ4n) is 3.70. The van der Waals surface area contributed by atoms with Crippen LogP contribution in [0.1, 0.15) is 36.5 Å². The monoisotopic (exact) mass is 337 g/mol. The molecule has 1 atom stereocenters. The Bertz CT molecular complexity index is 677. The number of hydrogen-bond donors (Lipinski definition) is 0. The third kappa shape index (κ3) is 3.26. The van der Waals surface area contributed by atoms with Crippen LogP contribution < -0.4 is 0 Å². The molecule has 3 heterocycles. The quantitative estimate of drug-likeness (QED) is 0.835. The zero-order valence-corrected chi connectivity index (χ0v) is 14.3. The van der Waals surface area contributed by atoms with Crippen LogP contribution in [0, 0.1) is 5.41 Å². The minimum absolute atomic E-state index is 0.00558. The summed E-state index contributed by atoms with van der Waals surface area (Å²) in [6, 6.07) is 3.54. The Labute approximate surface area is 137 Å². The highest BCUT2D eigenvalue weighted by Gasteiger charge is 2.45. The first-order valence-corrected chi connectivity index (χ1v) is 9.74. The Balaban J connectivity index is 1.73. The van der Waals surface area contributed by atoms with Crippen molar-refractivity contribution in [2.45, 2.75) is 26.2 Å². The van der Waals surface area contributed by atoms with E-state index in [-0.39, 0.29) is 17.1 Å². The second kappa shape index (κ2) is 6.20. The lowest BCUT2D eigenvalue weighted by atomic mass is 9.79. The fraction of sp³-hybridized carbons (Fsp3) is 0.625. The van der Waals surface area contributed by atoms with Crippen LogP contribution in [0.4, 0.5) is 0 Å². The van der Waals surface area contributed by atoms with Gasteiger partial charge >= 0.3 is 0 Å².